The molecular weight excluding hydrogens is 402 g/mol. The third-order valence-electron chi connectivity index (χ3n) is 3.69. The van der Waals surface area contributed by atoms with Gasteiger partial charge in [0, 0.05) is 11.4 Å². The Morgan fingerprint density at radius 1 is 1.04 bits per heavy atom. The van der Waals surface area contributed by atoms with Crippen molar-refractivity contribution in [2.45, 2.75) is 6.61 Å². The second-order valence-electron chi connectivity index (χ2n) is 5.50. The zero-order valence-electron chi connectivity index (χ0n) is 14.3. The van der Waals surface area contributed by atoms with Gasteiger partial charge in [0.1, 0.15) is 17.5 Å². The van der Waals surface area contributed by atoms with Crippen LogP contribution >= 0.6 is 34.3 Å². The summed E-state index contributed by atoms with van der Waals surface area (Å²) in [6.45, 7) is 0.392. The average Bonchev–Trinajstić information content (AvgIpc) is 3.38. The van der Waals surface area contributed by atoms with Crippen LogP contribution < -0.4 is 9.47 Å². The molecule has 0 aliphatic heterocycles. The van der Waals surface area contributed by atoms with Crippen LogP contribution in [0.2, 0.25) is 5.15 Å². The highest BCUT2D eigenvalue weighted by molar-refractivity contribution is 7.13. The lowest BCUT2D eigenvalue weighted by atomic mass is 10.2. The van der Waals surface area contributed by atoms with Crippen molar-refractivity contribution in [3.05, 3.63) is 63.9 Å². The van der Waals surface area contributed by atoms with Crippen LogP contribution in [0.4, 0.5) is 0 Å². The molecule has 0 fully saturated rings. The van der Waals surface area contributed by atoms with Crippen molar-refractivity contribution in [1.29, 1.82) is 0 Å². The van der Waals surface area contributed by atoms with Crippen molar-refractivity contribution in [1.82, 2.24) is 15.0 Å². The van der Waals surface area contributed by atoms with Gasteiger partial charge in [-0.15, -0.1) is 22.7 Å². The summed E-state index contributed by atoms with van der Waals surface area (Å²) in [7, 11) is 1.64. The summed E-state index contributed by atoms with van der Waals surface area (Å²) in [6, 6.07) is 13.6. The SMILES string of the molecule is COc1ccc(COc2cc(-c3cccs3)nc(-c3nc(Cl)cs3)n2)cc1. The minimum Gasteiger partial charge on any atom is -0.497 e. The largest absolute Gasteiger partial charge is 0.497 e. The van der Waals surface area contributed by atoms with Gasteiger partial charge < -0.3 is 9.47 Å². The minimum atomic E-state index is 0.392. The number of rotatable bonds is 6. The van der Waals surface area contributed by atoms with Gasteiger partial charge in [-0.05, 0) is 29.1 Å². The molecular formula is C19H14ClN3O2S2. The maximum absolute atomic E-state index is 5.96. The third kappa shape index (κ3) is 4.27. The third-order valence-corrected chi connectivity index (χ3v) is 5.74. The number of ether oxygens (including phenoxy) is 2. The van der Waals surface area contributed by atoms with Crippen molar-refractivity contribution in [2.75, 3.05) is 7.11 Å². The van der Waals surface area contributed by atoms with E-state index in [-0.39, 0.29) is 0 Å². The van der Waals surface area contributed by atoms with Crippen LogP contribution in [-0.2, 0) is 6.61 Å². The van der Waals surface area contributed by atoms with Crippen LogP contribution in [0.1, 0.15) is 5.56 Å². The summed E-state index contributed by atoms with van der Waals surface area (Å²) in [5.41, 5.74) is 1.82. The molecule has 0 spiro atoms. The van der Waals surface area contributed by atoms with E-state index in [1.807, 2.05) is 47.8 Å². The van der Waals surface area contributed by atoms with E-state index in [1.54, 1.807) is 23.8 Å². The predicted molar refractivity (Wildman–Crippen MR) is 109 cm³/mol. The highest BCUT2D eigenvalue weighted by atomic mass is 35.5. The van der Waals surface area contributed by atoms with Gasteiger partial charge in [-0.1, -0.05) is 29.8 Å². The number of hydrogen-bond acceptors (Lipinski definition) is 7. The molecule has 4 rings (SSSR count). The van der Waals surface area contributed by atoms with Crippen molar-refractivity contribution in [2.24, 2.45) is 0 Å². The normalized spacial score (nSPS) is 10.7. The Bertz CT molecular complexity index is 1030. The predicted octanol–water partition coefficient (Wildman–Crippen LogP) is 5.57. The van der Waals surface area contributed by atoms with Gasteiger partial charge in [-0.3, -0.25) is 0 Å². The molecule has 136 valence electrons. The Hall–Kier alpha value is -2.48. The smallest absolute Gasteiger partial charge is 0.217 e. The first kappa shape index (κ1) is 17.9. The molecule has 0 atom stereocenters. The van der Waals surface area contributed by atoms with Gasteiger partial charge in [0.2, 0.25) is 5.88 Å². The standard InChI is InChI=1S/C19H14ClN3O2S2/c1-24-13-6-4-12(5-7-13)10-25-17-9-14(15-3-2-8-26-15)21-18(23-17)19-22-16(20)11-27-19/h2-9,11H,10H2,1H3. The summed E-state index contributed by atoms with van der Waals surface area (Å²) >= 11 is 8.97. The number of thiophene rings is 1. The fourth-order valence-electron chi connectivity index (χ4n) is 2.38. The summed E-state index contributed by atoms with van der Waals surface area (Å²) < 4.78 is 11.1. The Morgan fingerprint density at radius 2 is 1.89 bits per heavy atom. The molecule has 0 bridgehead atoms. The molecule has 0 N–H and O–H groups in total. The molecule has 0 aliphatic rings. The average molecular weight is 416 g/mol. The Balaban J connectivity index is 1.63. The molecule has 0 saturated heterocycles. The van der Waals surface area contributed by atoms with E-state index in [2.05, 4.69) is 15.0 Å². The van der Waals surface area contributed by atoms with E-state index in [9.17, 15) is 0 Å². The quantitative estimate of drug-likeness (QED) is 0.412. The van der Waals surface area contributed by atoms with Crippen molar-refractivity contribution in [3.8, 4) is 33.0 Å². The number of halogens is 1. The number of benzene rings is 1. The zero-order chi connectivity index (χ0) is 18.6. The molecule has 4 aromatic rings. The zero-order valence-corrected chi connectivity index (χ0v) is 16.6. The highest BCUT2D eigenvalue weighted by Gasteiger charge is 2.13. The molecule has 3 heterocycles. The first-order chi connectivity index (χ1) is 13.2. The van der Waals surface area contributed by atoms with Crippen LogP contribution in [0.3, 0.4) is 0 Å². The van der Waals surface area contributed by atoms with Gasteiger partial charge in [0.05, 0.1) is 17.7 Å². The van der Waals surface area contributed by atoms with Gasteiger partial charge in [-0.2, -0.15) is 4.98 Å². The Labute approximate surface area is 169 Å². The number of methoxy groups -OCH3 is 1. The van der Waals surface area contributed by atoms with Crippen LogP contribution in [0.5, 0.6) is 11.6 Å². The van der Waals surface area contributed by atoms with Gasteiger partial charge in [0.25, 0.3) is 0 Å². The highest BCUT2D eigenvalue weighted by Crippen LogP contribution is 2.30. The molecule has 3 aromatic heterocycles. The van der Waals surface area contributed by atoms with E-state index in [0.717, 1.165) is 21.9 Å². The van der Waals surface area contributed by atoms with Crippen molar-refractivity contribution >= 4 is 34.3 Å². The second-order valence-corrected chi connectivity index (χ2v) is 7.70. The van der Waals surface area contributed by atoms with Crippen LogP contribution in [-0.4, -0.2) is 22.1 Å². The first-order valence-electron chi connectivity index (χ1n) is 8.01. The Kier molecular flexibility index (Phi) is 5.33. The summed E-state index contributed by atoms with van der Waals surface area (Å²) in [5, 5.41) is 4.86. The fourth-order valence-corrected chi connectivity index (χ4v) is 3.94. The van der Waals surface area contributed by atoms with Gasteiger partial charge >= 0.3 is 0 Å². The van der Waals surface area contributed by atoms with E-state index in [1.165, 1.54) is 11.3 Å². The molecule has 27 heavy (non-hydrogen) atoms. The van der Waals surface area contributed by atoms with Gasteiger partial charge in [0.15, 0.2) is 10.8 Å². The fraction of sp³-hybridized carbons (Fsp3) is 0.105. The van der Waals surface area contributed by atoms with Crippen LogP contribution in [0, 0.1) is 0 Å². The number of thiazole rings is 1. The lowest BCUT2D eigenvalue weighted by Crippen LogP contribution is -2.00. The minimum absolute atomic E-state index is 0.392. The summed E-state index contributed by atoms with van der Waals surface area (Å²) in [4.78, 5) is 14.5. The molecule has 0 amide bonds. The molecule has 0 aliphatic carbocycles. The van der Waals surface area contributed by atoms with E-state index in [0.29, 0.717) is 28.5 Å². The molecule has 1 aromatic carbocycles. The van der Waals surface area contributed by atoms with Crippen LogP contribution in [0.25, 0.3) is 21.4 Å². The van der Waals surface area contributed by atoms with E-state index in [4.69, 9.17) is 21.1 Å². The number of nitrogens with zero attached hydrogens (tertiary/aromatic N) is 3. The molecule has 8 heteroatoms. The maximum atomic E-state index is 5.96. The second kappa shape index (κ2) is 8.04. The van der Waals surface area contributed by atoms with Crippen molar-refractivity contribution < 1.29 is 9.47 Å². The maximum Gasteiger partial charge on any atom is 0.217 e. The van der Waals surface area contributed by atoms with Gasteiger partial charge in [-0.25, -0.2) is 9.97 Å². The lowest BCUT2D eigenvalue weighted by molar-refractivity contribution is 0.293. The lowest BCUT2D eigenvalue weighted by Gasteiger charge is -2.09. The topological polar surface area (TPSA) is 57.1 Å². The van der Waals surface area contributed by atoms with Crippen molar-refractivity contribution in [3.63, 3.8) is 0 Å². The summed E-state index contributed by atoms with van der Waals surface area (Å²) in [5.74, 6) is 1.80. The Morgan fingerprint density at radius 3 is 2.56 bits per heavy atom. The number of hydrogen-bond donors (Lipinski definition) is 0. The number of aromatic nitrogens is 3. The summed E-state index contributed by atoms with van der Waals surface area (Å²) in [6.07, 6.45) is 0. The van der Waals surface area contributed by atoms with E-state index >= 15 is 0 Å². The van der Waals surface area contributed by atoms with Crippen LogP contribution in [0.15, 0.2) is 53.2 Å². The first-order valence-corrected chi connectivity index (χ1v) is 10.1. The molecule has 5 nitrogen and oxygen atoms in total. The molecule has 0 radical (unpaired) electrons. The molecule has 0 saturated carbocycles. The monoisotopic (exact) mass is 415 g/mol. The van der Waals surface area contributed by atoms with E-state index < -0.39 is 0 Å². The molecule has 0 unspecified atom stereocenters.